The van der Waals surface area contributed by atoms with Crippen LogP contribution in [0.3, 0.4) is 0 Å². The summed E-state index contributed by atoms with van der Waals surface area (Å²) in [4.78, 5) is 24.1. The minimum atomic E-state index is -0.653. The first kappa shape index (κ1) is 19.5. The molecule has 1 heterocycles. The fourth-order valence-corrected chi connectivity index (χ4v) is 4.51. The number of anilines is 1. The Morgan fingerprint density at radius 2 is 1.88 bits per heavy atom. The van der Waals surface area contributed by atoms with Crippen molar-refractivity contribution in [2.24, 2.45) is 0 Å². The van der Waals surface area contributed by atoms with Gasteiger partial charge in [-0.3, -0.25) is 0 Å². The van der Waals surface area contributed by atoms with Crippen LogP contribution < -0.4 is 5.73 Å². The van der Waals surface area contributed by atoms with Gasteiger partial charge in [-0.05, 0) is 64.2 Å². The summed E-state index contributed by atoms with van der Waals surface area (Å²) in [5.41, 5.74) is 7.24. The Kier molecular flexibility index (Phi) is 6.28. The predicted molar refractivity (Wildman–Crippen MR) is 108 cm³/mol. The topological polar surface area (TPSA) is 107 Å². The molecule has 2 N–H and O–H groups in total. The fraction of sp³-hybridized carbons (Fsp3) is 0.188. The van der Waals surface area contributed by atoms with Crippen LogP contribution in [0, 0.1) is 18.5 Å². The molecular formula is C16H13I2N3O4. The standard InChI is InChI=1S/C16H13I2N3O4/c1-3-25-15(22)8-4-10(17)13(11(18)5-8)21-7-9(6-19)12(20)14(21)16(23)24-2/h4-5,7H,3,20H2,1-2H3. The highest BCUT2D eigenvalue weighted by atomic mass is 127. The number of hydrogen-bond donors (Lipinski definition) is 1. The molecule has 130 valence electrons. The first-order valence-corrected chi connectivity index (χ1v) is 9.17. The third-order valence-corrected chi connectivity index (χ3v) is 4.96. The molecule has 0 saturated carbocycles. The molecule has 7 nitrogen and oxygen atoms in total. The normalized spacial score (nSPS) is 10.2. The summed E-state index contributed by atoms with van der Waals surface area (Å²) in [7, 11) is 1.24. The molecule has 0 radical (unpaired) electrons. The lowest BCUT2D eigenvalue weighted by Crippen LogP contribution is -2.14. The zero-order chi connectivity index (χ0) is 18.7. The van der Waals surface area contributed by atoms with E-state index in [0.717, 1.165) is 0 Å². The van der Waals surface area contributed by atoms with Crippen LogP contribution in [-0.2, 0) is 9.47 Å². The van der Waals surface area contributed by atoms with Crippen LogP contribution in [0.15, 0.2) is 18.3 Å². The van der Waals surface area contributed by atoms with Crippen molar-refractivity contribution in [1.82, 2.24) is 4.57 Å². The van der Waals surface area contributed by atoms with Crippen LogP contribution in [0.25, 0.3) is 5.69 Å². The molecule has 2 aromatic rings. The van der Waals surface area contributed by atoms with Gasteiger partial charge in [0.15, 0.2) is 5.69 Å². The highest BCUT2D eigenvalue weighted by molar-refractivity contribution is 14.1. The van der Waals surface area contributed by atoms with Gasteiger partial charge in [0.05, 0.1) is 36.2 Å². The minimum absolute atomic E-state index is 0.0513. The van der Waals surface area contributed by atoms with Gasteiger partial charge in [0.25, 0.3) is 0 Å². The van der Waals surface area contributed by atoms with Crippen molar-refractivity contribution in [3.8, 4) is 11.8 Å². The number of benzene rings is 1. The number of nitrogens with zero attached hydrogens (tertiary/aromatic N) is 2. The minimum Gasteiger partial charge on any atom is -0.464 e. The summed E-state index contributed by atoms with van der Waals surface area (Å²) in [6.07, 6.45) is 1.48. The van der Waals surface area contributed by atoms with Crippen molar-refractivity contribution in [2.75, 3.05) is 19.5 Å². The Morgan fingerprint density at radius 1 is 1.28 bits per heavy atom. The second kappa shape index (κ2) is 8.05. The van der Waals surface area contributed by atoms with Gasteiger partial charge in [0.2, 0.25) is 0 Å². The summed E-state index contributed by atoms with van der Waals surface area (Å²) >= 11 is 4.11. The van der Waals surface area contributed by atoms with Crippen LogP contribution in [0.1, 0.15) is 33.3 Å². The van der Waals surface area contributed by atoms with Gasteiger partial charge in [-0.25, -0.2) is 9.59 Å². The lowest BCUT2D eigenvalue weighted by molar-refractivity contribution is 0.0524. The smallest absolute Gasteiger partial charge is 0.357 e. The molecule has 0 aliphatic heterocycles. The molecule has 0 bridgehead atoms. The Hall–Kier alpha value is -1.81. The number of ether oxygens (including phenoxy) is 2. The van der Waals surface area contributed by atoms with E-state index in [1.54, 1.807) is 19.1 Å². The van der Waals surface area contributed by atoms with Gasteiger partial charge in [0, 0.05) is 13.3 Å². The second-order valence-electron chi connectivity index (χ2n) is 4.79. The molecule has 0 fully saturated rings. The first-order valence-electron chi connectivity index (χ1n) is 7.01. The van der Waals surface area contributed by atoms with Gasteiger partial charge in [-0.1, -0.05) is 0 Å². The maximum Gasteiger partial charge on any atom is 0.357 e. The van der Waals surface area contributed by atoms with E-state index in [9.17, 15) is 14.9 Å². The number of rotatable bonds is 4. The molecule has 0 aliphatic carbocycles. The third kappa shape index (κ3) is 3.74. The quantitative estimate of drug-likeness (QED) is 0.452. The Morgan fingerprint density at radius 3 is 2.36 bits per heavy atom. The average Bonchev–Trinajstić information content (AvgIpc) is 2.90. The molecule has 0 unspecified atom stereocenters. The Labute approximate surface area is 171 Å². The van der Waals surface area contributed by atoms with E-state index in [-0.39, 0.29) is 23.6 Å². The van der Waals surface area contributed by atoms with Gasteiger partial charge < -0.3 is 19.8 Å². The lowest BCUT2D eigenvalue weighted by Gasteiger charge is -2.14. The van der Waals surface area contributed by atoms with Gasteiger partial charge in [-0.15, -0.1) is 0 Å². The number of halogens is 2. The van der Waals surface area contributed by atoms with Crippen molar-refractivity contribution >= 4 is 62.8 Å². The molecule has 25 heavy (non-hydrogen) atoms. The monoisotopic (exact) mass is 565 g/mol. The van der Waals surface area contributed by atoms with Crippen molar-refractivity contribution in [1.29, 1.82) is 5.26 Å². The van der Waals surface area contributed by atoms with Gasteiger partial charge >= 0.3 is 11.9 Å². The number of carbonyl (C=O) groups is 2. The Bertz CT molecular complexity index is 877. The summed E-state index contributed by atoms with van der Waals surface area (Å²) in [5.74, 6) is -1.08. The largest absolute Gasteiger partial charge is 0.464 e. The molecule has 2 rings (SSSR count). The van der Waals surface area contributed by atoms with E-state index < -0.39 is 11.9 Å². The molecule has 1 aromatic heterocycles. The van der Waals surface area contributed by atoms with E-state index in [2.05, 4.69) is 45.2 Å². The first-order chi connectivity index (χ1) is 11.8. The number of aromatic nitrogens is 1. The summed E-state index contributed by atoms with van der Waals surface area (Å²) < 4.78 is 12.7. The number of hydrogen-bond acceptors (Lipinski definition) is 6. The zero-order valence-electron chi connectivity index (χ0n) is 13.3. The molecule has 1 aromatic carbocycles. The predicted octanol–water partition coefficient (Wildman–Crippen LogP) is 3.10. The maximum atomic E-state index is 12.1. The summed E-state index contributed by atoms with van der Waals surface area (Å²) in [5, 5.41) is 9.21. The van der Waals surface area contributed by atoms with Crippen LogP contribution in [0.5, 0.6) is 0 Å². The average molecular weight is 565 g/mol. The molecule has 0 atom stereocenters. The van der Waals surface area contributed by atoms with Crippen molar-refractivity contribution in [3.05, 3.63) is 42.3 Å². The van der Waals surface area contributed by atoms with E-state index in [4.69, 9.17) is 15.2 Å². The fourth-order valence-electron chi connectivity index (χ4n) is 2.22. The lowest BCUT2D eigenvalue weighted by atomic mass is 10.2. The number of carbonyl (C=O) groups excluding carboxylic acids is 2. The number of nitrogen functional groups attached to an aromatic ring is 1. The van der Waals surface area contributed by atoms with Crippen LogP contribution >= 0.6 is 45.2 Å². The summed E-state index contributed by atoms with van der Waals surface area (Å²) in [6.45, 7) is 2.01. The third-order valence-electron chi connectivity index (χ3n) is 3.31. The molecule has 0 amide bonds. The number of methoxy groups -OCH3 is 1. The molecular weight excluding hydrogens is 552 g/mol. The maximum absolute atomic E-state index is 12.1. The highest BCUT2D eigenvalue weighted by Crippen LogP contribution is 2.31. The van der Waals surface area contributed by atoms with Gasteiger partial charge in [0.1, 0.15) is 6.07 Å². The van der Waals surface area contributed by atoms with E-state index >= 15 is 0 Å². The number of nitrogens with two attached hydrogens (primary N) is 1. The van der Waals surface area contributed by atoms with Gasteiger partial charge in [-0.2, -0.15) is 5.26 Å². The van der Waals surface area contributed by atoms with Crippen LogP contribution in [-0.4, -0.2) is 30.2 Å². The molecule has 9 heteroatoms. The molecule has 0 aliphatic rings. The van der Waals surface area contributed by atoms with Crippen molar-refractivity contribution < 1.29 is 19.1 Å². The van der Waals surface area contributed by atoms with E-state index in [1.165, 1.54) is 17.9 Å². The SMILES string of the molecule is CCOC(=O)c1cc(I)c(-n2cc(C#N)c(N)c2C(=O)OC)c(I)c1. The van der Waals surface area contributed by atoms with Crippen LogP contribution in [0.4, 0.5) is 5.69 Å². The highest BCUT2D eigenvalue weighted by Gasteiger charge is 2.24. The second-order valence-corrected chi connectivity index (χ2v) is 7.11. The number of nitriles is 1. The van der Waals surface area contributed by atoms with Crippen molar-refractivity contribution in [3.63, 3.8) is 0 Å². The Balaban J connectivity index is 2.69. The van der Waals surface area contributed by atoms with Crippen LogP contribution in [0.2, 0.25) is 0 Å². The molecule has 0 saturated heterocycles. The number of esters is 2. The molecule has 0 spiro atoms. The zero-order valence-corrected chi connectivity index (χ0v) is 17.6. The van der Waals surface area contributed by atoms with E-state index in [1.807, 2.05) is 6.07 Å². The van der Waals surface area contributed by atoms with E-state index in [0.29, 0.717) is 18.4 Å². The summed E-state index contributed by atoms with van der Waals surface area (Å²) in [6, 6.07) is 5.26. The van der Waals surface area contributed by atoms with Crippen molar-refractivity contribution in [2.45, 2.75) is 6.92 Å².